The van der Waals surface area contributed by atoms with Gasteiger partial charge in [0.1, 0.15) is 5.75 Å². The summed E-state index contributed by atoms with van der Waals surface area (Å²) < 4.78 is 5.84. The second kappa shape index (κ2) is 7.48. The van der Waals surface area contributed by atoms with Crippen LogP contribution in [-0.4, -0.2) is 6.10 Å². The van der Waals surface area contributed by atoms with Crippen molar-refractivity contribution in [1.82, 2.24) is 5.32 Å². The van der Waals surface area contributed by atoms with Crippen molar-refractivity contribution in [2.45, 2.75) is 39.5 Å². The van der Waals surface area contributed by atoms with Gasteiger partial charge in [0, 0.05) is 23.2 Å². The van der Waals surface area contributed by atoms with E-state index in [9.17, 15) is 0 Å². The van der Waals surface area contributed by atoms with Gasteiger partial charge in [0.2, 0.25) is 0 Å². The molecule has 0 heterocycles. The Morgan fingerprint density at radius 3 is 2.33 bits per heavy atom. The molecule has 0 aromatic heterocycles. The largest absolute Gasteiger partial charge is 0.491 e. The van der Waals surface area contributed by atoms with Crippen molar-refractivity contribution in [1.29, 1.82) is 0 Å². The summed E-state index contributed by atoms with van der Waals surface area (Å²) in [6.07, 6.45) is 0.180. The van der Waals surface area contributed by atoms with Gasteiger partial charge in [-0.2, -0.15) is 0 Å². The Morgan fingerprint density at radius 1 is 1.00 bits per heavy atom. The maximum atomic E-state index is 5.92. The minimum absolute atomic E-state index is 0.180. The van der Waals surface area contributed by atoms with Crippen molar-refractivity contribution in [3.05, 3.63) is 64.7 Å². The first kappa shape index (κ1) is 15.9. The lowest BCUT2D eigenvalue weighted by Gasteiger charge is -2.18. The van der Waals surface area contributed by atoms with Gasteiger partial charge in [-0.15, -0.1) is 0 Å². The molecule has 0 amide bonds. The summed E-state index contributed by atoms with van der Waals surface area (Å²) in [5, 5.41) is 4.29. The number of halogens is 1. The summed E-state index contributed by atoms with van der Waals surface area (Å²) in [4.78, 5) is 0. The molecule has 0 fully saturated rings. The summed E-state index contributed by atoms with van der Waals surface area (Å²) in [7, 11) is 0. The maximum Gasteiger partial charge on any atom is 0.124 e. The summed E-state index contributed by atoms with van der Waals surface area (Å²) >= 11 is 5.92. The van der Waals surface area contributed by atoms with Crippen molar-refractivity contribution < 1.29 is 4.74 Å². The van der Waals surface area contributed by atoms with Crippen molar-refractivity contribution in [2.24, 2.45) is 0 Å². The van der Waals surface area contributed by atoms with E-state index in [1.165, 1.54) is 11.1 Å². The highest BCUT2D eigenvalue weighted by Crippen LogP contribution is 2.21. The number of benzene rings is 2. The number of nitrogens with one attached hydrogen (secondary N) is 1. The first-order valence-corrected chi connectivity index (χ1v) is 7.67. The van der Waals surface area contributed by atoms with Crippen LogP contribution in [-0.2, 0) is 6.54 Å². The lowest BCUT2D eigenvalue weighted by Crippen LogP contribution is -2.19. The summed E-state index contributed by atoms with van der Waals surface area (Å²) in [5.74, 6) is 0.948. The fraction of sp³-hybridized carbons (Fsp3) is 0.333. The molecule has 1 N–H and O–H groups in total. The molecule has 2 aromatic carbocycles. The summed E-state index contributed by atoms with van der Waals surface area (Å²) in [6, 6.07) is 16.4. The second-order valence-electron chi connectivity index (χ2n) is 5.43. The Kier molecular flexibility index (Phi) is 5.66. The van der Waals surface area contributed by atoms with E-state index in [0.717, 1.165) is 17.3 Å². The Hall–Kier alpha value is -1.51. The topological polar surface area (TPSA) is 21.3 Å². The van der Waals surface area contributed by atoms with E-state index in [2.05, 4.69) is 30.4 Å². The van der Waals surface area contributed by atoms with E-state index in [1.54, 1.807) is 0 Å². The van der Waals surface area contributed by atoms with Gasteiger partial charge in [0.15, 0.2) is 0 Å². The molecule has 0 aliphatic heterocycles. The van der Waals surface area contributed by atoms with E-state index in [-0.39, 0.29) is 12.1 Å². The monoisotopic (exact) mass is 303 g/mol. The van der Waals surface area contributed by atoms with Crippen LogP contribution in [0.2, 0.25) is 5.02 Å². The van der Waals surface area contributed by atoms with Crippen LogP contribution in [0.5, 0.6) is 5.75 Å². The molecule has 2 rings (SSSR count). The highest BCUT2D eigenvalue weighted by atomic mass is 35.5. The van der Waals surface area contributed by atoms with Gasteiger partial charge >= 0.3 is 0 Å². The Balaban J connectivity index is 2.01. The minimum Gasteiger partial charge on any atom is -0.491 e. The molecule has 0 saturated heterocycles. The molecular weight excluding hydrogens is 282 g/mol. The highest BCUT2D eigenvalue weighted by molar-refractivity contribution is 6.30. The lowest BCUT2D eigenvalue weighted by molar-refractivity contribution is 0.239. The molecule has 3 heteroatoms. The average Bonchev–Trinajstić information content (AvgIpc) is 2.46. The number of ether oxygens (including phenoxy) is 1. The quantitative estimate of drug-likeness (QED) is 0.813. The molecule has 0 saturated carbocycles. The van der Waals surface area contributed by atoms with Crippen molar-refractivity contribution in [3.8, 4) is 5.75 Å². The zero-order valence-corrected chi connectivity index (χ0v) is 13.5. The van der Waals surface area contributed by atoms with E-state index in [0.29, 0.717) is 0 Å². The lowest BCUT2D eigenvalue weighted by atomic mass is 10.1. The summed E-state index contributed by atoms with van der Waals surface area (Å²) in [6.45, 7) is 7.00. The van der Waals surface area contributed by atoms with Crippen LogP contribution in [0, 0.1) is 0 Å². The molecule has 2 aromatic rings. The molecule has 1 atom stereocenters. The molecular formula is C18H22ClNO. The molecule has 21 heavy (non-hydrogen) atoms. The van der Waals surface area contributed by atoms with Crippen LogP contribution >= 0.6 is 11.6 Å². The predicted molar refractivity (Wildman–Crippen MR) is 88.9 cm³/mol. The number of hydrogen-bond donors (Lipinski definition) is 1. The summed E-state index contributed by atoms with van der Waals surface area (Å²) in [5.41, 5.74) is 2.40. The third-order valence-electron chi connectivity index (χ3n) is 3.30. The van der Waals surface area contributed by atoms with Crippen molar-refractivity contribution >= 4 is 11.6 Å². The van der Waals surface area contributed by atoms with Gasteiger partial charge in [-0.1, -0.05) is 41.9 Å². The van der Waals surface area contributed by atoms with Crippen molar-refractivity contribution in [3.63, 3.8) is 0 Å². The standard InChI is InChI=1S/C18H22ClNO/c1-13(2)21-18-7-5-4-6-16(18)12-20-14(3)15-8-10-17(19)11-9-15/h4-11,13-14,20H,12H2,1-3H3/t14-/m0/s1. The second-order valence-corrected chi connectivity index (χ2v) is 5.86. The molecule has 0 unspecified atom stereocenters. The smallest absolute Gasteiger partial charge is 0.124 e. The fourth-order valence-electron chi connectivity index (χ4n) is 2.15. The van der Waals surface area contributed by atoms with Gasteiger partial charge in [0.25, 0.3) is 0 Å². The van der Waals surface area contributed by atoms with Gasteiger partial charge in [-0.3, -0.25) is 0 Å². The van der Waals surface area contributed by atoms with Gasteiger partial charge in [-0.25, -0.2) is 0 Å². The van der Waals surface area contributed by atoms with Crippen LogP contribution in [0.25, 0.3) is 0 Å². The van der Waals surface area contributed by atoms with Gasteiger partial charge in [0.05, 0.1) is 6.10 Å². The predicted octanol–water partition coefficient (Wildman–Crippen LogP) is 4.98. The van der Waals surface area contributed by atoms with Crippen molar-refractivity contribution in [2.75, 3.05) is 0 Å². The van der Waals surface area contributed by atoms with E-state index in [1.807, 2.05) is 44.2 Å². The van der Waals surface area contributed by atoms with Crippen LogP contribution in [0.3, 0.4) is 0 Å². The van der Waals surface area contributed by atoms with E-state index in [4.69, 9.17) is 16.3 Å². The average molecular weight is 304 g/mol. The van der Waals surface area contributed by atoms with Crippen LogP contribution in [0.4, 0.5) is 0 Å². The zero-order chi connectivity index (χ0) is 15.2. The van der Waals surface area contributed by atoms with Crippen LogP contribution < -0.4 is 10.1 Å². The molecule has 0 aliphatic rings. The number of hydrogen-bond acceptors (Lipinski definition) is 2. The van der Waals surface area contributed by atoms with E-state index < -0.39 is 0 Å². The zero-order valence-electron chi connectivity index (χ0n) is 12.8. The van der Waals surface area contributed by atoms with Crippen LogP contribution in [0.1, 0.15) is 37.9 Å². The SMILES string of the molecule is CC(C)Oc1ccccc1CN[C@@H](C)c1ccc(Cl)cc1. The first-order valence-electron chi connectivity index (χ1n) is 7.29. The van der Waals surface area contributed by atoms with Gasteiger partial charge in [-0.05, 0) is 44.5 Å². The minimum atomic E-state index is 0.180. The molecule has 112 valence electrons. The molecule has 0 spiro atoms. The fourth-order valence-corrected chi connectivity index (χ4v) is 2.28. The Bertz CT molecular complexity index is 566. The molecule has 0 aliphatic carbocycles. The maximum absolute atomic E-state index is 5.92. The first-order chi connectivity index (χ1) is 10.1. The normalized spacial score (nSPS) is 12.4. The molecule has 2 nitrogen and oxygen atoms in total. The Morgan fingerprint density at radius 2 is 1.67 bits per heavy atom. The van der Waals surface area contributed by atoms with Crippen LogP contribution in [0.15, 0.2) is 48.5 Å². The number of rotatable bonds is 6. The third-order valence-corrected chi connectivity index (χ3v) is 3.56. The highest BCUT2D eigenvalue weighted by Gasteiger charge is 2.08. The van der Waals surface area contributed by atoms with Gasteiger partial charge < -0.3 is 10.1 Å². The number of para-hydroxylation sites is 1. The molecule has 0 radical (unpaired) electrons. The molecule has 0 bridgehead atoms. The Labute approximate surface area is 132 Å². The van der Waals surface area contributed by atoms with E-state index >= 15 is 0 Å². The third kappa shape index (κ3) is 4.76.